The molecular formula is C22H15NO3S2. The van der Waals surface area contributed by atoms with Gasteiger partial charge in [0.15, 0.2) is 11.8 Å². The van der Waals surface area contributed by atoms with Crippen LogP contribution in [0.15, 0.2) is 83.6 Å². The number of benzene rings is 2. The van der Waals surface area contributed by atoms with E-state index in [4.69, 9.17) is 4.74 Å². The highest BCUT2D eigenvalue weighted by Gasteiger charge is 2.27. The zero-order valence-electron chi connectivity index (χ0n) is 14.6. The van der Waals surface area contributed by atoms with Crippen molar-refractivity contribution >= 4 is 34.4 Å². The van der Waals surface area contributed by atoms with Gasteiger partial charge in [-0.2, -0.15) is 0 Å². The fourth-order valence-corrected chi connectivity index (χ4v) is 4.31. The fourth-order valence-electron chi connectivity index (χ4n) is 2.70. The average molecular weight is 406 g/mol. The van der Waals surface area contributed by atoms with E-state index >= 15 is 0 Å². The Kier molecular flexibility index (Phi) is 5.41. The van der Waals surface area contributed by atoms with E-state index in [0.29, 0.717) is 11.1 Å². The predicted molar refractivity (Wildman–Crippen MR) is 111 cm³/mol. The molecule has 0 bridgehead atoms. The van der Waals surface area contributed by atoms with Crippen molar-refractivity contribution in [1.82, 2.24) is 4.98 Å². The lowest BCUT2D eigenvalue weighted by Gasteiger charge is -2.17. The minimum atomic E-state index is -1.03. The molecule has 4 aromatic rings. The molecule has 4 nitrogen and oxygen atoms in total. The molecule has 2 heterocycles. The molecular weight excluding hydrogens is 390 g/mol. The van der Waals surface area contributed by atoms with Crippen LogP contribution in [0.5, 0.6) is 0 Å². The lowest BCUT2D eigenvalue weighted by atomic mass is 10.00. The summed E-state index contributed by atoms with van der Waals surface area (Å²) in [6.07, 6.45) is -1.03. The molecule has 6 heteroatoms. The number of hydrogen-bond acceptors (Lipinski definition) is 6. The van der Waals surface area contributed by atoms with Crippen molar-refractivity contribution < 1.29 is 14.3 Å². The maximum Gasteiger partial charge on any atom is 0.358 e. The molecule has 0 fully saturated rings. The van der Waals surface area contributed by atoms with Crippen molar-refractivity contribution in [2.75, 3.05) is 0 Å². The number of thiazole rings is 1. The molecule has 0 spiro atoms. The van der Waals surface area contributed by atoms with Crippen LogP contribution >= 0.6 is 22.7 Å². The van der Waals surface area contributed by atoms with Gasteiger partial charge in [0.25, 0.3) is 0 Å². The SMILES string of the molecule is O=C(O[C@H](C(=O)c1ccccc1)c1ccccc1)c1csc(-c2cccs2)n1. The smallest absolute Gasteiger partial charge is 0.358 e. The highest BCUT2D eigenvalue weighted by molar-refractivity contribution is 7.20. The van der Waals surface area contributed by atoms with Crippen LogP contribution in [0.4, 0.5) is 0 Å². The molecule has 0 amide bonds. The van der Waals surface area contributed by atoms with E-state index in [1.807, 2.05) is 41.8 Å². The topological polar surface area (TPSA) is 56.3 Å². The van der Waals surface area contributed by atoms with Crippen LogP contribution in [0.25, 0.3) is 9.88 Å². The van der Waals surface area contributed by atoms with Gasteiger partial charge in [-0.15, -0.1) is 22.7 Å². The normalized spacial score (nSPS) is 11.7. The largest absolute Gasteiger partial charge is 0.444 e. The summed E-state index contributed by atoms with van der Waals surface area (Å²) in [5.74, 6) is -0.883. The minimum absolute atomic E-state index is 0.204. The van der Waals surface area contributed by atoms with Crippen molar-refractivity contribution in [3.8, 4) is 9.88 Å². The average Bonchev–Trinajstić information content (AvgIpc) is 3.44. The summed E-state index contributed by atoms with van der Waals surface area (Å²) in [5.41, 5.74) is 1.32. The van der Waals surface area contributed by atoms with Crippen molar-refractivity contribution in [2.24, 2.45) is 0 Å². The van der Waals surface area contributed by atoms with Crippen molar-refractivity contribution in [2.45, 2.75) is 6.10 Å². The second-order valence-corrected chi connectivity index (χ2v) is 7.75. The van der Waals surface area contributed by atoms with Crippen LogP contribution < -0.4 is 0 Å². The first-order valence-electron chi connectivity index (χ1n) is 8.57. The third-order valence-corrected chi connectivity index (χ3v) is 5.95. The monoisotopic (exact) mass is 405 g/mol. The highest BCUT2D eigenvalue weighted by Crippen LogP contribution is 2.29. The predicted octanol–water partition coefficient (Wildman–Crippen LogP) is 5.65. The van der Waals surface area contributed by atoms with Gasteiger partial charge < -0.3 is 4.74 Å². The van der Waals surface area contributed by atoms with Gasteiger partial charge in [-0.3, -0.25) is 4.79 Å². The molecule has 2 aromatic carbocycles. The number of ether oxygens (including phenoxy) is 1. The number of nitrogens with zero attached hydrogens (tertiary/aromatic N) is 1. The summed E-state index contributed by atoms with van der Waals surface area (Å²) in [6, 6.07) is 21.7. The summed E-state index contributed by atoms with van der Waals surface area (Å²) in [5, 5.41) is 4.37. The molecule has 1 atom stereocenters. The van der Waals surface area contributed by atoms with Gasteiger partial charge in [-0.05, 0) is 11.4 Å². The number of rotatable bonds is 6. The number of ketones is 1. The fraction of sp³-hybridized carbons (Fsp3) is 0.0455. The van der Waals surface area contributed by atoms with E-state index in [0.717, 1.165) is 9.88 Å². The summed E-state index contributed by atoms with van der Waals surface area (Å²) >= 11 is 2.93. The Morgan fingerprint density at radius 1 is 0.857 bits per heavy atom. The second-order valence-electron chi connectivity index (χ2n) is 5.94. The molecule has 2 aromatic heterocycles. The zero-order valence-corrected chi connectivity index (χ0v) is 16.3. The first kappa shape index (κ1) is 18.3. The molecule has 0 saturated heterocycles. The Morgan fingerprint density at radius 3 is 2.25 bits per heavy atom. The standard InChI is InChI=1S/C22H15NO3S2/c24-19(15-8-3-1-4-9-15)20(16-10-5-2-6-11-16)26-22(25)17-14-28-21(23-17)18-12-7-13-27-18/h1-14,20H/t20-/m0/s1. The number of thiophene rings is 1. The van der Waals surface area contributed by atoms with Crippen LogP contribution in [0.2, 0.25) is 0 Å². The van der Waals surface area contributed by atoms with Crippen LogP contribution in [0, 0.1) is 0 Å². The lowest BCUT2D eigenvalue weighted by Crippen LogP contribution is -2.20. The van der Waals surface area contributed by atoms with Gasteiger partial charge in [-0.1, -0.05) is 66.7 Å². The number of Topliss-reactive ketones (excluding diaryl/α,β-unsaturated/α-hetero) is 1. The van der Waals surface area contributed by atoms with Crippen molar-refractivity contribution in [1.29, 1.82) is 0 Å². The summed E-state index contributed by atoms with van der Waals surface area (Å²) < 4.78 is 5.63. The number of carbonyl (C=O) groups is 2. The first-order valence-corrected chi connectivity index (χ1v) is 10.3. The number of esters is 1. The Labute approximate surface area is 170 Å². The quantitative estimate of drug-likeness (QED) is 0.307. The summed E-state index contributed by atoms with van der Waals surface area (Å²) in [6.45, 7) is 0. The molecule has 4 rings (SSSR count). The van der Waals surface area contributed by atoms with Crippen LogP contribution in [0.3, 0.4) is 0 Å². The Hall–Kier alpha value is -3.09. The lowest BCUT2D eigenvalue weighted by molar-refractivity contribution is 0.0275. The van der Waals surface area contributed by atoms with Crippen molar-refractivity contribution in [3.63, 3.8) is 0 Å². The Bertz CT molecular complexity index is 1070. The van der Waals surface area contributed by atoms with Gasteiger partial charge >= 0.3 is 5.97 Å². The molecule has 0 saturated carbocycles. The number of hydrogen-bond donors (Lipinski definition) is 0. The third-order valence-electron chi connectivity index (χ3n) is 4.07. The van der Waals surface area contributed by atoms with Gasteiger partial charge in [0.2, 0.25) is 5.78 Å². The molecule has 0 aliphatic heterocycles. The molecule has 0 aliphatic rings. The summed E-state index contributed by atoms with van der Waals surface area (Å²) in [7, 11) is 0. The second kappa shape index (κ2) is 8.29. The van der Waals surface area contributed by atoms with E-state index in [1.165, 1.54) is 11.3 Å². The zero-order chi connectivity index (χ0) is 19.3. The van der Waals surface area contributed by atoms with Gasteiger partial charge in [0.1, 0.15) is 5.01 Å². The molecule has 0 unspecified atom stereocenters. The first-order chi connectivity index (χ1) is 13.7. The Morgan fingerprint density at radius 2 is 1.57 bits per heavy atom. The van der Waals surface area contributed by atoms with Gasteiger partial charge in [-0.25, -0.2) is 9.78 Å². The minimum Gasteiger partial charge on any atom is -0.444 e. The maximum atomic E-state index is 13.0. The van der Waals surface area contributed by atoms with E-state index < -0.39 is 12.1 Å². The van der Waals surface area contributed by atoms with E-state index in [1.54, 1.807) is 53.1 Å². The maximum absolute atomic E-state index is 13.0. The molecule has 0 radical (unpaired) electrons. The van der Waals surface area contributed by atoms with Crippen LogP contribution in [-0.4, -0.2) is 16.7 Å². The van der Waals surface area contributed by atoms with Crippen LogP contribution in [0.1, 0.15) is 32.5 Å². The molecule has 0 aliphatic carbocycles. The molecule has 138 valence electrons. The van der Waals surface area contributed by atoms with Gasteiger partial charge in [0, 0.05) is 16.5 Å². The van der Waals surface area contributed by atoms with Crippen molar-refractivity contribution in [3.05, 3.63) is 100 Å². The number of aromatic nitrogens is 1. The summed E-state index contributed by atoms with van der Waals surface area (Å²) in [4.78, 5) is 31.1. The van der Waals surface area contributed by atoms with E-state index in [-0.39, 0.29) is 11.5 Å². The molecule has 0 N–H and O–H groups in total. The van der Waals surface area contributed by atoms with Crippen LogP contribution in [-0.2, 0) is 4.74 Å². The van der Waals surface area contributed by atoms with E-state index in [2.05, 4.69) is 4.98 Å². The highest BCUT2D eigenvalue weighted by atomic mass is 32.1. The molecule has 28 heavy (non-hydrogen) atoms. The Balaban J connectivity index is 1.61. The number of carbonyl (C=O) groups excluding carboxylic acids is 2. The van der Waals surface area contributed by atoms with Gasteiger partial charge in [0.05, 0.1) is 4.88 Å². The van der Waals surface area contributed by atoms with E-state index in [9.17, 15) is 9.59 Å². The third kappa shape index (κ3) is 3.93.